The van der Waals surface area contributed by atoms with Crippen LogP contribution < -0.4 is 16.8 Å². The molecule has 5 N–H and O–H groups in total. The zero-order valence-electron chi connectivity index (χ0n) is 10.4. The largest absolute Gasteiger partial charge is 0.421 e. The maximum absolute atomic E-state index is 12.8. The molecule has 0 aliphatic heterocycles. The van der Waals surface area contributed by atoms with Crippen LogP contribution in [-0.2, 0) is 11.0 Å². The Bertz CT molecular complexity index is 519. The van der Waals surface area contributed by atoms with Crippen molar-refractivity contribution in [3.63, 3.8) is 0 Å². The molecule has 2 atom stereocenters. The monoisotopic (exact) mass is 289 g/mol. The Kier molecular flexibility index (Phi) is 3.69. The predicted molar refractivity (Wildman–Crippen MR) is 65.4 cm³/mol. The van der Waals surface area contributed by atoms with Crippen LogP contribution in [0.5, 0.6) is 0 Å². The van der Waals surface area contributed by atoms with Crippen molar-refractivity contribution >= 4 is 17.7 Å². The summed E-state index contributed by atoms with van der Waals surface area (Å²) in [4.78, 5) is 18.0. The van der Waals surface area contributed by atoms with Gasteiger partial charge in [-0.2, -0.15) is 18.2 Å². The molecule has 1 amide bonds. The Hall–Kier alpha value is -2.06. The van der Waals surface area contributed by atoms with E-state index in [1.54, 1.807) is 0 Å². The fourth-order valence-electron chi connectivity index (χ4n) is 2.28. The van der Waals surface area contributed by atoms with Gasteiger partial charge in [0.1, 0.15) is 11.4 Å². The number of nitrogens with two attached hydrogens (primary N) is 2. The molecule has 1 saturated carbocycles. The van der Waals surface area contributed by atoms with E-state index in [-0.39, 0.29) is 23.7 Å². The van der Waals surface area contributed by atoms with Crippen molar-refractivity contribution in [1.29, 1.82) is 0 Å². The molecule has 0 spiro atoms. The summed E-state index contributed by atoms with van der Waals surface area (Å²) >= 11 is 0. The number of nitrogen functional groups attached to an aromatic ring is 1. The Morgan fingerprint density at radius 1 is 1.40 bits per heavy atom. The highest BCUT2D eigenvalue weighted by molar-refractivity contribution is 5.77. The van der Waals surface area contributed by atoms with Crippen LogP contribution in [-0.4, -0.2) is 21.9 Å². The van der Waals surface area contributed by atoms with E-state index in [4.69, 9.17) is 11.5 Å². The number of primary amides is 1. The molecule has 9 heteroatoms. The van der Waals surface area contributed by atoms with E-state index in [0.29, 0.717) is 25.5 Å². The summed E-state index contributed by atoms with van der Waals surface area (Å²) in [5.41, 5.74) is 9.52. The minimum absolute atomic E-state index is 0.245. The lowest BCUT2D eigenvalue weighted by molar-refractivity contribution is -0.137. The van der Waals surface area contributed by atoms with Crippen LogP contribution in [0.4, 0.5) is 24.9 Å². The van der Waals surface area contributed by atoms with Crippen LogP contribution in [0, 0.1) is 5.92 Å². The number of nitrogens with one attached hydrogen (secondary N) is 1. The van der Waals surface area contributed by atoms with Crippen molar-refractivity contribution in [3.05, 3.63) is 11.8 Å². The van der Waals surface area contributed by atoms with Crippen molar-refractivity contribution in [3.8, 4) is 0 Å². The minimum Gasteiger partial charge on any atom is -0.369 e. The molecule has 1 aliphatic carbocycles. The standard InChI is InChI=1S/C11H14F3N5O/c12-11(13,14)7-4-17-10(16)19-9(7)18-6-2-1-5(3-6)8(15)20/h4-6H,1-3H2,(H2,15,20)(H3,16,17,18,19)/t5-,6+/m1/s1. The van der Waals surface area contributed by atoms with Gasteiger partial charge in [-0.05, 0) is 19.3 Å². The molecule has 20 heavy (non-hydrogen) atoms. The Morgan fingerprint density at radius 3 is 2.65 bits per heavy atom. The lowest BCUT2D eigenvalue weighted by atomic mass is 10.1. The van der Waals surface area contributed by atoms with E-state index in [2.05, 4.69) is 15.3 Å². The van der Waals surface area contributed by atoms with Crippen LogP contribution in [0.2, 0.25) is 0 Å². The lowest BCUT2D eigenvalue weighted by Gasteiger charge is -2.17. The molecule has 0 bridgehead atoms. The number of amides is 1. The third kappa shape index (κ3) is 3.09. The molecule has 2 rings (SSSR count). The highest BCUT2D eigenvalue weighted by Crippen LogP contribution is 2.35. The zero-order chi connectivity index (χ0) is 14.9. The van der Waals surface area contributed by atoms with Gasteiger partial charge in [-0.1, -0.05) is 0 Å². The van der Waals surface area contributed by atoms with Crippen LogP contribution in [0.3, 0.4) is 0 Å². The summed E-state index contributed by atoms with van der Waals surface area (Å²) in [6.07, 6.45) is -2.44. The highest BCUT2D eigenvalue weighted by atomic mass is 19.4. The molecule has 0 unspecified atom stereocenters. The molecule has 1 heterocycles. The summed E-state index contributed by atoms with van der Waals surface area (Å²) in [7, 11) is 0. The van der Waals surface area contributed by atoms with Gasteiger partial charge in [-0.3, -0.25) is 4.79 Å². The molecule has 1 fully saturated rings. The number of alkyl halides is 3. The summed E-state index contributed by atoms with van der Waals surface area (Å²) < 4.78 is 38.5. The van der Waals surface area contributed by atoms with Crippen molar-refractivity contribution in [2.45, 2.75) is 31.5 Å². The van der Waals surface area contributed by atoms with Crippen molar-refractivity contribution in [1.82, 2.24) is 9.97 Å². The molecular weight excluding hydrogens is 275 g/mol. The molecule has 0 saturated heterocycles. The normalized spacial score (nSPS) is 22.8. The Morgan fingerprint density at radius 2 is 2.10 bits per heavy atom. The molecular formula is C11H14F3N5O. The SMILES string of the molecule is NC(=O)[C@@H]1CC[C@H](Nc2nc(N)ncc2C(F)(F)F)C1. The topological polar surface area (TPSA) is 107 Å². The maximum atomic E-state index is 12.8. The highest BCUT2D eigenvalue weighted by Gasteiger charge is 2.37. The van der Waals surface area contributed by atoms with Crippen LogP contribution in [0.25, 0.3) is 0 Å². The summed E-state index contributed by atoms with van der Waals surface area (Å²) in [5.74, 6) is -1.36. The number of rotatable bonds is 3. The number of carbonyl (C=O) groups is 1. The summed E-state index contributed by atoms with van der Waals surface area (Å²) in [6, 6.07) is -0.289. The number of carbonyl (C=O) groups excluding carboxylic acids is 1. The van der Waals surface area contributed by atoms with Crippen molar-refractivity contribution in [2.24, 2.45) is 11.7 Å². The first-order chi connectivity index (χ1) is 9.27. The molecule has 1 aromatic rings. The van der Waals surface area contributed by atoms with Gasteiger partial charge in [0.25, 0.3) is 0 Å². The minimum atomic E-state index is -4.57. The summed E-state index contributed by atoms with van der Waals surface area (Å²) in [6.45, 7) is 0. The van der Waals surface area contributed by atoms with Gasteiger partial charge in [-0.15, -0.1) is 0 Å². The first-order valence-electron chi connectivity index (χ1n) is 6.03. The Labute approximate surface area is 112 Å². The van der Waals surface area contributed by atoms with Gasteiger partial charge in [0.05, 0.1) is 0 Å². The molecule has 1 aliphatic rings. The van der Waals surface area contributed by atoms with Crippen LogP contribution >= 0.6 is 0 Å². The number of halogens is 3. The van der Waals surface area contributed by atoms with Crippen LogP contribution in [0.15, 0.2) is 6.20 Å². The van der Waals surface area contributed by atoms with Crippen molar-refractivity contribution < 1.29 is 18.0 Å². The fraction of sp³-hybridized carbons (Fsp3) is 0.545. The van der Waals surface area contributed by atoms with Gasteiger partial charge in [0.15, 0.2) is 0 Å². The van der Waals surface area contributed by atoms with E-state index in [9.17, 15) is 18.0 Å². The van der Waals surface area contributed by atoms with Gasteiger partial charge in [0.2, 0.25) is 11.9 Å². The Balaban J connectivity index is 2.17. The van der Waals surface area contributed by atoms with E-state index < -0.39 is 17.6 Å². The first-order valence-corrected chi connectivity index (χ1v) is 6.03. The molecule has 0 radical (unpaired) electrons. The zero-order valence-corrected chi connectivity index (χ0v) is 10.4. The van der Waals surface area contributed by atoms with Gasteiger partial charge >= 0.3 is 6.18 Å². The average molecular weight is 289 g/mol. The number of aromatic nitrogens is 2. The van der Waals surface area contributed by atoms with Gasteiger partial charge < -0.3 is 16.8 Å². The van der Waals surface area contributed by atoms with Gasteiger partial charge in [-0.25, -0.2) is 4.98 Å². The predicted octanol–water partition coefficient (Wildman–Crippen LogP) is 1.14. The quantitative estimate of drug-likeness (QED) is 0.773. The number of hydrogen-bond donors (Lipinski definition) is 3. The average Bonchev–Trinajstić information content (AvgIpc) is 2.76. The summed E-state index contributed by atoms with van der Waals surface area (Å²) in [5, 5.41) is 2.68. The number of nitrogens with zero attached hydrogens (tertiary/aromatic N) is 2. The third-order valence-corrected chi connectivity index (χ3v) is 3.29. The lowest BCUT2D eigenvalue weighted by Crippen LogP contribution is -2.24. The van der Waals surface area contributed by atoms with E-state index in [1.165, 1.54) is 0 Å². The van der Waals surface area contributed by atoms with Crippen LogP contribution in [0.1, 0.15) is 24.8 Å². The van der Waals surface area contributed by atoms with Gasteiger partial charge in [0, 0.05) is 18.2 Å². The smallest absolute Gasteiger partial charge is 0.369 e. The second kappa shape index (κ2) is 5.14. The third-order valence-electron chi connectivity index (χ3n) is 3.29. The second-order valence-corrected chi connectivity index (χ2v) is 4.74. The van der Waals surface area contributed by atoms with E-state index in [1.807, 2.05) is 0 Å². The van der Waals surface area contributed by atoms with E-state index in [0.717, 1.165) is 0 Å². The first kappa shape index (κ1) is 14.4. The molecule has 1 aromatic heterocycles. The molecule has 0 aromatic carbocycles. The van der Waals surface area contributed by atoms with E-state index >= 15 is 0 Å². The van der Waals surface area contributed by atoms with Crippen molar-refractivity contribution in [2.75, 3.05) is 11.1 Å². The fourth-order valence-corrected chi connectivity index (χ4v) is 2.28. The molecule has 6 nitrogen and oxygen atoms in total. The second-order valence-electron chi connectivity index (χ2n) is 4.74. The molecule has 110 valence electrons. The maximum Gasteiger partial charge on any atom is 0.421 e. The number of hydrogen-bond acceptors (Lipinski definition) is 5. The number of anilines is 2.